The van der Waals surface area contributed by atoms with Crippen LogP contribution in [0.1, 0.15) is 5.56 Å². The Hall–Kier alpha value is -2.54. The van der Waals surface area contributed by atoms with Crippen molar-refractivity contribution < 1.29 is 19.8 Å². The first kappa shape index (κ1) is 14.9. The van der Waals surface area contributed by atoms with E-state index >= 15 is 0 Å². The summed E-state index contributed by atoms with van der Waals surface area (Å²) in [5.74, 6) is -2.64. The number of aliphatic imine (C=N–C) groups is 1. The molecule has 1 aliphatic heterocycles. The molecule has 0 saturated carbocycles. The number of anilines is 1. The van der Waals surface area contributed by atoms with Gasteiger partial charge in [0, 0.05) is 5.69 Å². The second-order valence-corrected chi connectivity index (χ2v) is 4.85. The molecule has 6 nitrogen and oxygen atoms in total. The Bertz CT molecular complexity index is 689. The molecule has 0 amide bonds. The molecule has 1 heterocycles. The molecule has 0 spiro atoms. The average Bonchev–Trinajstić information content (AvgIpc) is 2.41. The van der Waals surface area contributed by atoms with Crippen molar-refractivity contribution >= 4 is 40.4 Å². The SMILES string of the molecule is Cc1ccc(NC(=S)C2=C(O)C(C(=O)O)=NCC2=O)cc1. The highest BCUT2D eigenvalue weighted by molar-refractivity contribution is 7.81. The topological polar surface area (TPSA) is 99.0 Å². The average molecular weight is 304 g/mol. The number of nitrogens with zero attached hydrogens (tertiary/aromatic N) is 1. The van der Waals surface area contributed by atoms with Crippen molar-refractivity contribution in [3.05, 3.63) is 41.2 Å². The van der Waals surface area contributed by atoms with Gasteiger partial charge in [0.25, 0.3) is 0 Å². The number of nitrogens with one attached hydrogen (secondary N) is 1. The quantitative estimate of drug-likeness (QED) is 0.734. The van der Waals surface area contributed by atoms with E-state index in [2.05, 4.69) is 10.3 Å². The number of hydrogen-bond donors (Lipinski definition) is 3. The molecule has 0 fully saturated rings. The second kappa shape index (κ2) is 5.84. The summed E-state index contributed by atoms with van der Waals surface area (Å²) in [5.41, 5.74) is 0.913. The van der Waals surface area contributed by atoms with E-state index in [9.17, 15) is 14.7 Å². The van der Waals surface area contributed by atoms with Gasteiger partial charge in [-0.05, 0) is 19.1 Å². The van der Waals surface area contributed by atoms with E-state index in [1.54, 1.807) is 12.1 Å². The van der Waals surface area contributed by atoms with Crippen LogP contribution in [-0.4, -0.2) is 39.2 Å². The van der Waals surface area contributed by atoms with Crippen molar-refractivity contribution in [2.75, 3.05) is 11.9 Å². The Balaban J connectivity index is 2.30. The Kier molecular flexibility index (Phi) is 4.13. The van der Waals surface area contributed by atoms with Crippen LogP contribution in [0, 0.1) is 6.92 Å². The van der Waals surface area contributed by atoms with E-state index in [1.807, 2.05) is 19.1 Å². The van der Waals surface area contributed by atoms with Crippen LogP contribution in [0.2, 0.25) is 0 Å². The highest BCUT2D eigenvalue weighted by atomic mass is 32.1. The lowest BCUT2D eigenvalue weighted by molar-refractivity contribution is -0.129. The summed E-state index contributed by atoms with van der Waals surface area (Å²) in [7, 11) is 0. The molecular weight excluding hydrogens is 292 g/mol. The van der Waals surface area contributed by atoms with Crippen molar-refractivity contribution in [1.82, 2.24) is 0 Å². The van der Waals surface area contributed by atoms with Crippen LogP contribution in [0.5, 0.6) is 0 Å². The number of carboxylic acids is 1. The molecule has 0 radical (unpaired) electrons. The summed E-state index contributed by atoms with van der Waals surface area (Å²) in [6.45, 7) is 1.58. The van der Waals surface area contributed by atoms with Crippen molar-refractivity contribution in [3.8, 4) is 0 Å². The van der Waals surface area contributed by atoms with Gasteiger partial charge in [-0.3, -0.25) is 9.79 Å². The summed E-state index contributed by atoms with van der Waals surface area (Å²) in [6.07, 6.45) is 0. The first-order valence-corrected chi connectivity index (χ1v) is 6.43. The van der Waals surface area contributed by atoms with Gasteiger partial charge in [0.05, 0.1) is 5.57 Å². The largest absolute Gasteiger partial charge is 0.505 e. The van der Waals surface area contributed by atoms with Gasteiger partial charge in [0.2, 0.25) is 0 Å². The molecular formula is C14H12N2O4S. The normalized spacial score (nSPS) is 14.7. The number of aryl methyl sites for hydroxylation is 1. The predicted molar refractivity (Wildman–Crippen MR) is 82.0 cm³/mol. The van der Waals surface area contributed by atoms with Gasteiger partial charge in [0.1, 0.15) is 11.5 Å². The van der Waals surface area contributed by atoms with E-state index in [4.69, 9.17) is 17.3 Å². The number of thiocarbonyl (C=S) groups is 1. The molecule has 0 aromatic heterocycles. The zero-order valence-electron chi connectivity index (χ0n) is 11.1. The minimum absolute atomic E-state index is 0.0324. The molecule has 1 aromatic rings. The number of carbonyl (C=O) groups is 2. The monoisotopic (exact) mass is 304 g/mol. The summed E-state index contributed by atoms with van der Waals surface area (Å²) in [6, 6.07) is 7.23. The van der Waals surface area contributed by atoms with E-state index in [-0.39, 0.29) is 17.1 Å². The van der Waals surface area contributed by atoms with Crippen LogP contribution < -0.4 is 5.32 Å². The summed E-state index contributed by atoms with van der Waals surface area (Å²) in [5, 5.41) is 21.6. The van der Waals surface area contributed by atoms with Gasteiger partial charge in [0.15, 0.2) is 17.3 Å². The number of Topliss-reactive ketones (excluding diaryl/α,β-unsaturated/α-hetero) is 1. The molecule has 2 rings (SSSR count). The Morgan fingerprint density at radius 2 is 1.95 bits per heavy atom. The molecule has 3 N–H and O–H groups in total. The van der Waals surface area contributed by atoms with Crippen LogP contribution in [0.15, 0.2) is 40.6 Å². The molecule has 0 bridgehead atoms. The lowest BCUT2D eigenvalue weighted by Crippen LogP contribution is -2.31. The predicted octanol–water partition coefficient (Wildman–Crippen LogP) is 1.65. The highest BCUT2D eigenvalue weighted by Crippen LogP contribution is 2.17. The maximum atomic E-state index is 11.8. The van der Waals surface area contributed by atoms with Gasteiger partial charge >= 0.3 is 5.97 Å². The number of aliphatic hydroxyl groups excluding tert-OH is 1. The first-order valence-electron chi connectivity index (χ1n) is 6.02. The number of benzene rings is 1. The molecule has 0 saturated heterocycles. The molecule has 0 atom stereocenters. The number of carboxylic acid groups (broad SMARTS) is 1. The van der Waals surface area contributed by atoms with Gasteiger partial charge in [-0.1, -0.05) is 29.9 Å². The van der Waals surface area contributed by atoms with E-state index in [0.717, 1.165) is 5.56 Å². The Labute approximate surface area is 125 Å². The van der Waals surface area contributed by atoms with Crippen molar-refractivity contribution in [3.63, 3.8) is 0 Å². The summed E-state index contributed by atoms with van der Waals surface area (Å²) in [4.78, 5) is 26.2. The van der Waals surface area contributed by atoms with Gasteiger partial charge in [-0.2, -0.15) is 0 Å². The number of aliphatic hydroxyl groups is 1. The minimum Gasteiger partial charge on any atom is -0.505 e. The maximum absolute atomic E-state index is 11.8. The smallest absolute Gasteiger partial charge is 0.357 e. The minimum atomic E-state index is -1.41. The van der Waals surface area contributed by atoms with Crippen molar-refractivity contribution in [1.29, 1.82) is 0 Å². The number of ketones is 1. The molecule has 108 valence electrons. The van der Waals surface area contributed by atoms with Crippen LogP contribution in [-0.2, 0) is 9.59 Å². The number of carbonyl (C=O) groups excluding carboxylic acids is 1. The molecule has 7 heteroatoms. The van der Waals surface area contributed by atoms with Crippen LogP contribution in [0.25, 0.3) is 0 Å². The van der Waals surface area contributed by atoms with Crippen LogP contribution in [0.3, 0.4) is 0 Å². The third kappa shape index (κ3) is 3.14. The van der Waals surface area contributed by atoms with Crippen LogP contribution >= 0.6 is 12.2 Å². The standard InChI is InChI=1S/C14H12N2O4S/c1-7-2-4-8(5-3-7)16-13(21)10-9(17)6-15-11(12(10)18)14(19)20/h2-5,18H,6H2,1H3,(H,16,21)(H,19,20). The van der Waals surface area contributed by atoms with Gasteiger partial charge in [-0.25, -0.2) is 4.79 Å². The Morgan fingerprint density at radius 3 is 2.52 bits per heavy atom. The summed E-state index contributed by atoms with van der Waals surface area (Å²) < 4.78 is 0. The zero-order chi connectivity index (χ0) is 15.6. The van der Waals surface area contributed by atoms with Gasteiger partial charge in [-0.15, -0.1) is 0 Å². The third-order valence-corrected chi connectivity index (χ3v) is 3.17. The van der Waals surface area contributed by atoms with E-state index in [0.29, 0.717) is 5.69 Å². The van der Waals surface area contributed by atoms with Crippen molar-refractivity contribution in [2.45, 2.75) is 6.92 Å². The molecule has 0 unspecified atom stereocenters. The second-order valence-electron chi connectivity index (χ2n) is 4.44. The zero-order valence-corrected chi connectivity index (χ0v) is 11.9. The lowest BCUT2D eigenvalue weighted by Gasteiger charge is -2.16. The molecule has 1 aliphatic rings. The highest BCUT2D eigenvalue weighted by Gasteiger charge is 2.30. The number of hydrogen-bond acceptors (Lipinski definition) is 5. The van der Waals surface area contributed by atoms with Crippen molar-refractivity contribution in [2.24, 2.45) is 4.99 Å². The van der Waals surface area contributed by atoms with Crippen LogP contribution in [0.4, 0.5) is 5.69 Å². The number of dihydropyridines is 1. The number of rotatable bonds is 3. The molecule has 1 aromatic carbocycles. The van der Waals surface area contributed by atoms with E-state index < -0.39 is 23.2 Å². The maximum Gasteiger partial charge on any atom is 0.357 e. The molecule has 21 heavy (non-hydrogen) atoms. The third-order valence-electron chi connectivity index (χ3n) is 2.86. The summed E-state index contributed by atoms with van der Waals surface area (Å²) >= 11 is 5.08. The fourth-order valence-corrected chi connectivity index (χ4v) is 2.12. The lowest BCUT2D eigenvalue weighted by atomic mass is 10.0. The van der Waals surface area contributed by atoms with E-state index in [1.165, 1.54) is 0 Å². The Morgan fingerprint density at radius 1 is 1.33 bits per heavy atom. The fourth-order valence-electron chi connectivity index (χ4n) is 1.79. The number of aliphatic carboxylic acids is 1. The first-order chi connectivity index (χ1) is 9.90. The molecule has 0 aliphatic carbocycles. The fraction of sp³-hybridized carbons (Fsp3) is 0.143. The van der Waals surface area contributed by atoms with Gasteiger partial charge < -0.3 is 15.5 Å².